The van der Waals surface area contributed by atoms with Gasteiger partial charge in [-0.3, -0.25) is 4.55 Å². The van der Waals surface area contributed by atoms with Gasteiger partial charge in [0.25, 0.3) is 0 Å². The maximum absolute atomic E-state index is 13.3. The Balaban J connectivity index is 3.70. The molecule has 0 heterocycles. The predicted molar refractivity (Wildman–Crippen MR) is 39.8 cm³/mol. The molecule has 114 valence electrons. The number of hydrogen-bond donors (Lipinski definition) is 1. The largest absolute Gasteiger partial charge is 0.382 e. The maximum atomic E-state index is 13.3. The summed E-state index contributed by atoms with van der Waals surface area (Å²) in [6.45, 7) is 0. The maximum Gasteiger partial charge on any atom is 0.382 e. The van der Waals surface area contributed by atoms with Gasteiger partial charge < -0.3 is 0 Å². The van der Waals surface area contributed by atoms with Gasteiger partial charge in [0.05, 0.1) is 6.42 Å². The Morgan fingerprint density at radius 2 is 1.11 bits per heavy atom. The van der Waals surface area contributed by atoms with E-state index in [0.29, 0.717) is 0 Å². The smallest absolute Gasteiger partial charge is 0.283 e. The van der Waals surface area contributed by atoms with Crippen molar-refractivity contribution in [3.8, 4) is 0 Å². The van der Waals surface area contributed by atoms with Crippen molar-refractivity contribution in [3.05, 3.63) is 0 Å². The molecule has 0 spiro atoms. The molecule has 1 saturated carbocycles. The first-order chi connectivity index (χ1) is 7.96. The van der Waals surface area contributed by atoms with Gasteiger partial charge in [0, 0.05) is 0 Å². The van der Waals surface area contributed by atoms with Gasteiger partial charge in [0.1, 0.15) is 0 Å². The SMILES string of the molecule is O=S(=O)(O)C1(F)CC(F)(F)C(F)(F)C(F)(F)C1(F)F. The summed E-state index contributed by atoms with van der Waals surface area (Å²) in [7, 11) is -6.84. The van der Waals surface area contributed by atoms with Crippen LogP contribution in [0.25, 0.3) is 0 Å². The molecule has 1 aliphatic carbocycles. The summed E-state index contributed by atoms with van der Waals surface area (Å²) in [5.74, 6) is -26.6. The predicted octanol–water partition coefficient (Wildman–Crippen LogP) is 2.48. The van der Waals surface area contributed by atoms with E-state index in [1.54, 1.807) is 0 Å². The lowest BCUT2D eigenvalue weighted by molar-refractivity contribution is -0.413. The monoisotopic (exact) mass is 326 g/mol. The standard InChI is InChI=1S/C6H3F9O3S/c7-2(8)1-3(9,19(16,17)18)5(12,13)6(14,15)4(2,10)11/h1H2,(H,16,17,18). The normalized spacial score (nSPS) is 35.9. The zero-order chi connectivity index (χ0) is 15.7. The van der Waals surface area contributed by atoms with E-state index in [-0.39, 0.29) is 0 Å². The van der Waals surface area contributed by atoms with Crippen molar-refractivity contribution in [3.63, 3.8) is 0 Å². The topological polar surface area (TPSA) is 54.4 Å². The van der Waals surface area contributed by atoms with Gasteiger partial charge in [-0.2, -0.15) is 43.5 Å². The molecule has 0 amide bonds. The van der Waals surface area contributed by atoms with Gasteiger partial charge in [0.2, 0.25) is 0 Å². The van der Waals surface area contributed by atoms with Gasteiger partial charge >= 0.3 is 38.8 Å². The van der Waals surface area contributed by atoms with Gasteiger partial charge in [-0.25, -0.2) is 4.39 Å². The van der Waals surface area contributed by atoms with Gasteiger partial charge in [0.15, 0.2) is 0 Å². The molecule has 13 heteroatoms. The molecule has 1 N–H and O–H groups in total. The quantitative estimate of drug-likeness (QED) is 0.595. The molecular weight excluding hydrogens is 323 g/mol. The van der Waals surface area contributed by atoms with Gasteiger partial charge in [-0.1, -0.05) is 0 Å². The highest BCUT2D eigenvalue weighted by Gasteiger charge is 2.93. The van der Waals surface area contributed by atoms with E-state index >= 15 is 0 Å². The molecule has 1 fully saturated rings. The Kier molecular flexibility index (Phi) is 2.99. The van der Waals surface area contributed by atoms with Crippen LogP contribution in [0.1, 0.15) is 6.42 Å². The molecule has 0 bridgehead atoms. The molecule has 0 saturated heterocycles. The Morgan fingerprint density at radius 3 is 1.42 bits per heavy atom. The number of halogens is 9. The van der Waals surface area contributed by atoms with Crippen LogP contribution in [0.4, 0.5) is 39.5 Å². The molecule has 0 aromatic carbocycles. The van der Waals surface area contributed by atoms with E-state index in [4.69, 9.17) is 4.55 Å². The minimum absolute atomic E-state index is 3.52. The molecule has 1 unspecified atom stereocenters. The van der Waals surface area contributed by atoms with E-state index in [0.717, 1.165) is 0 Å². The van der Waals surface area contributed by atoms with Crippen LogP contribution in [-0.4, -0.2) is 41.7 Å². The van der Waals surface area contributed by atoms with Crippen molar-refractivity contribution in [1.82, 2.24) is 0 Å². The lowest BCUT2D eigenvalue weighted by Gasteiger charge is -2.46. The van der Waals surface area contributed by atoms with Crippen LogP contribution in [0.5, 0.6) is 0 Å². The molecule has 1 aliphatic rings. The number of rotatable bonds is 1. The molecular formula is C6H3F9O3S. The average Bonchev–Trinajstić information content (AvgIpc) is 2.12. The first-order valence-corrected chi connectivity index (χ1v) is 5.57. The molecule has 0 aliphatic heterocycles. The second-order valence-electron chi connectivity index (χ2n) is 3.81. The van der Waals surface area contributed by atoms with Gasteiger partial charge in [-0.05, 0) is 0 Å². The number of alkyl halides is 9. The Morgan fingerprint density at radius 1 is 0.737 bits per heavy atom. The van der Waals surface area contributed by atoms with Crippen molar-refractivity contribution < 1.29 is 52.5 Å². The molecule has 1 atom stereocenters. The van der Waals surface area contributed by atoms with Gasteiger partial charge in [-0.15, -0.1) is 0 Å². The fraction of sp³-hybridized carbons (Fsp3) is 1.00. The summed E-state index contributed by atoms with van der Waals surface area (Å²) in [5, 5.41) is -5.95. The van der Waals surface area contributed by atoms with E-state index in [9.17, 15) is 47.9 Å². The average molecular weight is 326 g/mol. The minimum Gasteiger partial charge on any atom is -0.283 e. The van der Waals surface area contributed by atoms with E-state index in [2.05, 4.69) is 0 Å². The van der Waals surface area contributed by atoms with Crippen LogP contribution in [0.2, 0.25) is 0 Å². The zero-order valence-electron chi connectivity index (χ0n) is 8.28. The zero-order valence-corrected chi connectivity index (χ0v) is 9.10. The van der Waals surface area contributed by atoms with E-state index in [1.807, 2.05) is 0 Å². The van der Waals surface area contributed by atoms with Crippen LogP contribution in [0.3, 0.4) is 0 Å². The van der Waals surface area contributed by atoms with Crippen molar-refractivity contribution in [1.29, 1.82) is 0 Å². The third kappa shape index (κ3) is 1.60. The lowest BCUT2D eigenvalue weighted by Crippen LogP contribution is -2.76. The second-order valence-corrected chi connectivity index (χ2v) is 5.41. The summed E-state index contributed by atoms with van der Waals surface area (Å²) in [5.41, 5.74) is 0. The fourth-order valence-corrected chi connectivity index (χ4v) is 2.24. The number of hydrogen-bond acceptors (Lipinski definition) is 2. The Labute approximate surface area is 98.7 Å². The first-order valence-electron chi connectivity index (χ1n) is 4.13. The van der Waals surface area contributed by atoms with E-state index < -0.39 is 45.2 Å². The summed E-state index contributed by atoms with van der Waals surface area (Å²) < 4.78 is 144. The summed E-state index contributed by atoms with van der Waals surface area (Å²) in [6, 6.07) is 0. The van der Waals surface area contributed by atoms with Crippen LogP contribution in [0.15, 0.2) is 0 Å². The molecule has 3 nitrogen and oxygen atoms in total. The van der Waals surface area contributed by atoms with Crippen LogP contribution >= 0.6 is 0 Å². The second kappa shape index (κ2) is 3.48. The van der Waals surface area contributed by atoms with Crippen LogP contribution < -0.4 is 0 Å². The molecule has 0 radical (unpaired) electrons. The Hall–Kier alpha value is -0.720. The molecule has 0 aromatic heterocycles. The van der Waals surface area contributed by atoms with E-state index in [1.165, 1.54) is 0 Å². The highest BCUT2D eigenvalue weighted by molar-refractivity contribution is 7.87. The Bertz CT molecular complexity index is 498. The van der Waals surface area contributed by atoms with Crippen molar-refractivity contribution in [2.75, 3.05) is 0 Å². The van der Waals surface area contributed by atoms with Crippen molar-refractivity contribution >= 4 is 10.1 Å². The fourth-order valence-electron chi connectivity index (χ4n) is 1.42. The highest BCUT2D eigenvalue weighted by atomic mass is 32.2. The summed E-state index contributed by atoms with van der Waals surface area (Å²) in [4.78, 5) is 0. The minimum atomic E-state index is -7.04. The first kappa shape index (κ1) is 16.3. The summed E-state index contributed by atoms with van der Waals surface area (Å²) >= 11 is 0. The molecule has 1 rings (SSSR count). The van der Waals surface area contributed by atoms with Crippen LogP contribution in [-0.2, 0) is 10.1 Å². The molecule has 19 heavy (non-hydrogen) atoms. The third-order valence-corrected chi connectivity index (χ3v) is 3.79. The lowest BCUT2D eigenvalue weighted by atomic mass is 9.84. The highest BCUT2D eigenvalue weighted by Crippen LogP contribution is 2.65. The van der Waals surface area contributed by atoms with Crippen molar-refractivity contribution in [2.45, 2.75) is 35.1 Å². The summed E-state index contributed by atoms with van der Waals surface area (Å²) in [6.07, 6.45) is -3.52. The third-order valence-electron chi connectivity index (χ3n) is 2.58. The van der Waals surface area contributed by atoms with Crippen molar-refractivity contribution in [2.24, 2.45) is 0 Å². The molecule has 0 aromatic rings. The van der Waals surface area contributed by atoms with Crippen LogP contribution in [0, 0.1) is 0 Å².